The van der Waals surface area contributed by atoms with Gasteiger partial charge in [-0.25, -0.2) is 0 Å². The van der Waals surface area contributed by atoms with Crippen molar-refractivity contribution in [3.05, 3.63) is 36.0 Å². The fourth-order valence-electron chi connectivity index (χ4n) is 8.81. The van der Waals surface area contributed by atoms with Gasteiger partial charge in [-0.3, -0.25) is 4.79 Å². The van der Waals surface area contributed by atoms with Gasteiger partial charge < -0.3 is 4.74 Å². The molecule has 0 N–H and O–H groups in total. The highest BCUT2D eigenvalue weighted by Crippen LogP contribution is 2.66. The summed E-state index contributed by atoms with van der Waals surface area (Å²) in [6.07, 6.45) is 18.9. The summed E-state index contributed by atoms with van der Waals surface area (Å²) >= 11 is 0. The second-order valence-electron chi connectivity index (χ2n) is 12.6. The fraction of sp³-hybridized carbons (Fsp3) is 0.774. The van der Waals surface area contributed by atoms with Crippen molar-refractivity contribution < 1.29 is 9.53 Å². The van der Waals surface area contributed by atoms with E-state index in [-0.39, 0.29) is 12.1 Å². The smallest absolute Gasteiger partial charge is 0.302 e. The van der Waals surface area contributed by atoms with Crippen LogP contribution in [0.5, 0.6) is 0 Å². The molecule has 0 saturated heterocycles. The van der Waals surface area contributed by atoms with Crippen molar-refractivity contribution in [3.8, 4) is 0 Å². The highest BCUT2D eigenvalue weighted by Gasteiger charge is 2.58. The average Bonchev–Trinajstić information content (AvgIpc) is 3.11. The van der Waals surface area contributed by atoms with Crippen LogP contribution in [0.4, 0.5) is 0 Å². The minimum atomic E-state index is -0.113. The molecule has 33 heavy (non-hydrogen) atoms. The Labute approximate surface area is 203 Å². The van der Waals surface area contributed by atoms with Crippen LogP contribution in [0.1, 0.15) is 99.3 Å². The first-order chi connectivity index (χ1) is 15.6. The van der Waals surface area contributed by atoms with Gasteiger partial charge in [0.15, 0.2) is 0 Å². The lowest BCUT2D eigenvalue weighted by Crippen LogP contribution is -2.50. The number of carbonyl (C=O) groups excluding carboxylic acids is 1. The Hall–Kier alpha value is -1.31. The van der Waals surface area contributed by atoms with Crippen LogP contribution in [-0.2, 0) is 9.53 Å². The standard InChI is InChI=1S/C31H48O2/c1-8-23(20(2)3)10-9-21(4)27-13-14-28-26-12-11-24-19-25(33-22(5)32)15-17-30(24,6)29(26)16-18-31(27,28)7/h9-10,12,21,23-25,27-29H,2,8,11,13-19H2,1,3-7H3. The van der Waals surface area contributed by atoms with Crippen molar-refractivity contribution in [2.45, 2.75) is 105 Å². The summed E-state index contributed by atoms with van der Waals surface area (Å²) in [5.41, 5.74) is 3.94. The molecule has 4 rings (SSSR count). The molecule has 0 bridgehead atoms. The van der Waals surface area contributed by atoms with Gasteiger partial charge >= 0.3 is 5.97 Å². The Balaban J connectivity index is 1.51. The van der Waals surface area contributed by atoms with E-state index in [9.17, 15) is 4.79 Å². The molecule has 0 aliphatic heterocycles. The summed E-state index contributed by atoms with van der Waals surface area (Å²) < 4.78 is 5.64. The fourth-order valence-corrected chi connectivity index (χ4v) is 8.81. The lowest BCUT2D eigenvalue weighted by molar-refractivity contribution is -0.152. The molecular weight excluding hydrogens is 404 g/mol. The molecule has 3 fully saturated rings. The van der Waals surface area contributed by atoms with Crippen molar-refractivity contribution in [3.63, 3.8) is 0 Å². The molecule has 2 heteroatoms. The molecule has 2 nitrogen and oxygen atoms in total. The van der Waals surface area contributed by atoms with Crippen LogP contribution >= 0.6 is 0 Å². The van der Waals surface area contributed by atoms with Crippen molar-refractivity contribution >= 4 is 5.97 Å². The van der Waals surface area contributed by atoms with E-state index in [4.69, 9.17) is 4.74 Å². The van der Waals surface area contributed by atoms with Crippen LogP contribution < -0.4 is 0 Å². The lowest BCUT2D eigenvalue weighted by atomic mass is 9.47. The second kappa shape index (κ2) is 9.38. The monoisotopic (exact) mass is 452 g/mol. The maximum absolute atomic E-state index is 11.5. The number of ether oxygens (including phenoxy) is 1. The Morgan fingerprint density at radius 2 is 1.82 bits per heavy atom. The largest absolute Gasteiger partial charge is 0.463 e. The zero-order valence-electron chi connectivity index (χ0n) is 22.2. The summed E-state index contributed by atoms with van der Waals surface area (Å²) in [6, 6.07) is 0. The van der Waals surface area contributed by atoms with E-state index in [1.54, 1.807) is 6.92 Å². The van der Waals surface area contributed by atoms with Crippen molar-refractivity contribution in [2.24, 2.45) is 46.3 Å². The second-order valence-corrected chi connectivity index (χ2v) is 12.6. The predicted octanol–water partition coefficient (Wildman–Crippen LogP) is 8.29. The number of allylic oxidation sites excluding steroid dienone is 5. The SMILES string of the molecule is C=C(C)C(C=CC(C)C1CCC2C3=CCC4CC(OC(C)=O)CCC4(C)C3CCC21C)CC. The van der Waals surface area contributed by atoms with Crippen LogP contribution in [0.2, 0.25) is 0 Å². The first-order valence-corrected chi connectivity index (χ1v) is 13.8. The Morgan fingerprint density at radius 3 is 2.48 bits per heavy atom. The third-order valence-electron chi connectivity index (χ3n) is 10.8. The van der Waals surface area contributed by atoms with E-state index in [0.717, 1.165) is 37.0 Å². The van der Waals surface area contributed by atoms with Gasteiger partial charge in [-0.1, -0.05) is 63.6 Å². The van der Waals surface area contributed by atoms with Crippen molar-refractivity contribution in [1.82, 2.24) is 0 Å². The van der Waals surface area contributed by atoms with Crippen LogP contribution in [-0.4, -0.2) is 12.1 Å². The van der Waals surface area contributed by atoms with Gasteiger partial charge in [0.05, 0.1) is 0 Å². The van der Waals surface area contributed by atoms with Crippen LogP contribution in [0, 0.1) is 46.3 Å². The topological polar surface area (TPSA) is 26.3 Å². The summed E-state index contributed by atoms with van der Waals surface area (Å²) in [7, 11) is 0. The summed E-state index contributed by atoms with van der Waals surface area (Å²) in [5.74, 6) is 4.01. The Kier molecular flexibility index (Phi) is 7.05. The predicted molar refractivity (Wildman–Crippen MR) is 138 cm³/mol. The van der Waals surface area contributed by atoms with Gasteiger partial charge in [0.25, 0.3) is 0 Å². The molecule has 9 unspecified atom stereocenters. The van der Waals surface area contributed by atoms with Gasteiger partial charge in [0.1, 0.15) is 6.10 Å². The zero-order valence-corrected chi connectivity index (χ0v) is 22.2. The van der Waals surface area contributed by atoms with Crippen LogP contribution in [0.15, 0.2) is 36.0 Å². The molecule has 0 radical (unpaired) electrons. The quantitative estimate of drug-likeness (QED) is 0.299. The molecule has 0 spiro atoms. The first kappa shape index (κ1) is 24.8. The number of carbonyl (C=O) groups is 1. The molecule has 0 heterocycles. The molecule has 4 aliphatic carbocycles. The highest BCUT2D eigenvalue weighted by atomic mass is 16.5. The normalized spacial score (nSPS) is 42.0. The van der Waals surface area contributed by atoms with Gasteiger partial charge in [0.2, 0.25) is 0 Å². The molecular formula is C31H48O2. The number of fused-ring (bicyclic) bond motifs is 5. The summed E-state index contributed by atoms with van der Waals surface area (Å²) in [4.78, 5) is 11.5. The molecule has 0 amide bonds. The minimum absolute atomic E-state index is 0.113. The number of hydrogen-bond donors (Lipinski definition) is 0. The first-order valence-electron chi connectivity index (χ1n) is 13.8. The van der Waals surface area contributed by atoms with Gasteiger partial charge in [0, 0.05) is 6.92 Å². The van der Waals surface area contributed by atoms with Gasteiger partial charge in [-0.15, -0.1) is 0 Å². The Morgan fingerprint density at radius 1 is 1.12 bits per heavy atom. The maximum atomic E-state index is 11.5. The average molecular weight is 453 g/mol. The van der Waals surface area contributed by atoms with E-state index in [1.807, 2.05) is 5.57 Å². The number of hydrogen-bond acceptors (Lipinski definition) is 2. The van der Waals surface area contributed by atoms with E-state index in [2.05, 4.69) is 59.4 Å². The molecule has 0 aromatic carbocycles. The molecule has 0 aromatic rings. The van der Waals surface area contributed by atoms with Crippen LogP contribution in [0.25, 0.3) is 0 Å². The Bertz CT molecular complexity index is 821. The van der Waals surface area contributed by atoms with E-state index in [0.29, 0.717) is 28.6 Å². The molecule has 3 saturated carbocycles. The summed E-state index contributed by atoms with van der Waals surface area (Å²) in [5, 5.41) is 0. The molecule has 0 aromatic heterocycles. The maximum Gasteiger partial charge on any atom is 0.302 e. The molecule has 9 atom stereocenters. The van der Waals surface area contributed by atoms with Crippen molar-refractivity contribution in [2.75, 3.05) is 0 Å². The third-order valence-corrected chi connectivity index (χ3v) is 10.8. The van der Waals surface area contributed by atoms with Gasteiger partial charge in [-0.2, -0.15) is 0 Å². The lowest BCUT2D eigenvalue weighted by Gasteiger charge is -2.58. The van der Waals surface area contributed by atoms with E-state index in [1.165, 1.54) is 44.1 Å². The van der Waals surface area contributed by atoms with E-state index >= 15 is 0 Å². The number of esters is 1. The summed E-state index contributed by atoms with van der Waals surface area (Å²) in [6.45, 7) is 17.9. The van der Waals surface area contributed by atoms with Crippen molar-refractivity contribution in [1.29, 1.82) is 0 Å². The zero-order chi connectivity index (χ0) is 24.0. The highest BCUT2D eigenvalue weighted by molar-refractivity contribution is 5.66. The van der Waals surface area contributed by atoms with Crippen LogP contribution in [0.3, 0.4) is 0 Å². The third kappa shape index (κ3) is 4.41. The molecule has 184 valence electrons. The molecule has 4 aliphatic rings. The minimum Gasteiger partial charge on any atom is -0.463 e. The number of rotatable bonds is 6. The van der Waals surface area contributed by atoms with Gasteiger partial charge in [-0.05, 0) is 111 Å². The van der Waals surface area contributed by atoms with E-state index < -0.39 is 0 Å².